The lowest BCUT2D eigenvalue weighted by Gasteiger charge is -2.13. The van der Waals surface area contributed by atoms with E-state index < -0.39 is 12.6 Å². The number of nitrogens with zero attached hydrogens (tertiary/aromatic N) is 1. The summed E-state index contributed by atoms with van der Waals surface area (Å²) in [4.78, 5) is 12.3. The molecule has 0 amide bonds. The lowest BCUT2D eigenvalue weighted by atomic mass is 10.2. The van der Waals surface area contributed by atoms with Crippen LogP contribution in [0.25, 0.3) is 0 Å². The second kappa shape index (κ2) is 8.67. The molecular weight excluding hydrogens is 348 g/mol. The number of alkyl halides is 2. The Bertz CT molecular complexity index is 833. The Kier molecular flexibility index (Phi) is 6.33. The highest BCUT2D eigenvalue weighted by Crippen LogP contribution is 2.32. The number of esters is 1. The molecule has 2 rings (SSSR count). The molecule has 26 heavy (non-hydrogen) atoms. The largest absolute Gasteiger partial charge is 0.493 e. The van der Waals surface area contributed by atoms with Crippen LogP contribution in [-0.4, -0.2) is 26.3 Å². The molecule has 0 aliphatic heterocycles. The molecule has 136 valence electrons. The van der Waals surface area contributed by atoms with Gasteiger partial charge in [-0.05, 0) is 37.3 Å². The van der Waals surface area contributed by atoms with Crippen molar-refractivity contribution in [3.8, 4) is 29.1 Å². The van der Waals surface area contributed by atoms with Crippen LogP contribution in [0.1, 0.15) is 22.8 Å². The molecule has 0 saturated carbocycles. The van der Waals surface area contributed by atoms with E-state index in [0.717, 1.165) is 6.07 Å². The first-order chi connectivity index (χ1) is 12.5. The molecule has 0 spiro atoms. The Morgan fingerprint density at radius 3 is 2.46 bits per heavy atom. The minimum atomic E-state index is -3.07. The van der Waals surface area contributed by atoms with Gasteiger partial charge in [0, 0.05) is 6.07 Å². The lowest BCUT2D eigenvalue weighted by Crippen LogP contribution is -2.11. The van der Waals surface area contributed by atoms with Crippen LogP contribution >= 0.6 is 0 Å². The molecule has 0 N–H and O–H groups in total. The molecule has 0 heterocycles. The zero-order valence-corrected chi connectivity index (χ0v) is 14.0. The number of methoxy groups -OCH3 is 1. The number of ether oxygens (including phenoxy) is 4. The van der Waals surface area contributed by atoms with Crippen molar-refractivity contribution in [3.63, 3.8) is 0 Å². The third-order valence-electron chi connectivity index (χ3n) is 3.19. The van der Waals surface area contributed by atoms with Crippen molar-refractivity contribution in [2.45, 2.75) is 13.5 Å². The fourth-order valence-corrected chi connectivity index (χ4v) is 2.08. The third-order valence-corrected chi connectivity index (χ3v) is 3.19. The Hall–Kier alpha value is -3.34. The van der Waals surface area contributed by atoms with E-state index in [9.17, 15) is 13.6 Å². The highest BCUT2D eigenvalue weighted by atomic mass is 19.3. The van der Waals surface area contributed by atoms with Gasteiger partial charge in [-0.1, -0.05) is 0 Å². The molecular formula is C18H15F2NO5. The number of carbonyl (C=O) groups excluding carboxylic acids is 1. The van der Waals surface area contributed by atoms with Crippen molar-refractivity contribution < 1.29 is 32.5 Å². The van der Waals surface area contributed by atoms with Crippen molar-refractivity contribution in [2.75, 3.05) is 13.7 Å². The molecule has 2 aromatic carbocycles. The minimum Gasteiger partial charge on any atom is -0.493 e. The summed E-state index contributed by atoms with van der Waals surface area (Å²) in [7, 11) is 1.29. The van der Waals surface area contributed by atoms with Gasteiger partial charge in [0.15, 0.2) is 23.0 Å². The van der Waals surface area contributed by atoms with Crippen LogP contribution in [0.4, 0.5) is 8.78 Å². The van der Waals surface area contributed by atoms with Crippen molar-refractivity contribution in [2.24, 2.45) is 0 Å². The highest BCUT2D eigenvalue weighted by Gasteiger charge is 2.17. The predicted octanol–water partition coefficient (Wildman–Crippen LogP) is 3.79. The zero-order chi connectivity index (χ0) is 19.1. The number of hydrogen-bond acceptors (Lipinski definition) is 6. The minimum absolute atomic E-state index is 0.0201. The fourth-order valence-electron chi connectivity index (χ4n) is 2.08. The SMILES string of the molecule is CCOc1cc(C#N)ccc1OC(=O)c1ccc(OC)c(OC(F)F)c1. The Morgan fingerprint density at radius 1 is 1.12 bits per heavy atom. The van der Waals surface area contributed by atoms with Crippen LogP contribution in [0.3, 0.4) is 0 Å². The monoisotopic (exact) mass is 363 g/mol. The number of benzene rings is 2. The smallest absolute Gasteiger partial charge is 0.387 e. The fraction of sp³-hybridized carbons (Fsp3) is 0.222. The summed E-state index contributed by atoms with van der Waals surface area (Å²) >= 11 is 0. The van der Waals surface area contributed by atoms with E-state index in [1.54, 1.807) is 6.92 Å². The zero-order valence-electron chi connectivity index (χ0n) is 14.0. The van der Waals surface area contributed by atoms with Crippen molar-refractivity contribution in [1.29, 1.82) is 5.26 Å². The molecule has 0 bridgehead atoms. The molecule has 0 aliphatic rings. The van der Waals surface area contributed by atoms with Gasteiger partial charge < -0.3 is 18.9 Å². The number of hydrogen-bond donors (Lipinski definition) is 0. The van der Waals surface area contributed by atoms with Gasteiger partial charge >= 0.3 is 12.6 Å². The summed E-state index contributed by atoms with van der Waals surface area (Å²) < 4.78 is 44.9. The molecule has 8 heteroatoms. The van der Waals surface area contributed by atoms with Gasteiger partial charge in [0.2, 0.25) is 0 Å². The maximum Gasteiger partial charge on any atom is 0.387 e. The number of halogens is 2. The normalized spacial score (nSPS) is 10.2. The maximum absolute atomic E-state index is 12.5. The Balaban J connectivity index is 2.29. The molecule has 0 atom stereocenters. The van der Waals surface area contributed by atoms with Crippen LogP contribution in [0.2, 0.25) is 0 Å². The van der Waals surface area contributed by atoms with Crippen molar-refractivity contribution in [1.82, 2.24) is 0 Å². The molecule has 0 unspecified atom stereocenters. The van der Waals surface area contributed by atoms with E-state index >= 15 is 0 Å². The standard InChI is InChI=1S/C18H15F2NO5/c1-3-24-15-8-11(10-21)4-6-14(15)25-17(22)12-5-7-13(23-2)16(9-12)26-18(19)20/h4-9,18H,3H2,1-2H3. The van der Waals surface area contributed by atoms with E-state index in [-0.39, 0.29) is 28.6 Å². The van der Waals surface area contributed by atoms with Crippen molar-refractivity contribution in [3.05, 3.63) is 47.5 Å². The average molecular weight is 363 g/mol. The second-order valence-corrected chi connectivity index (χ2v) is 4.84. The van der Waals surface area contributed by atoms with Crippen LogP contribution in [0.5, 0.6) is 23.0 Å². The Morgan fingerprint density at radius 2 is 1.85 bits per heavy atom. The summed E-state index contributed by atoms with van der Waals surface area (Å²) in [5, 5.41) is 8.93. The highest BCUT2D eigenvalue weighted by molar-refractivity contribution is 5.92. The van der Waals surface area contributed by atoms with Gasteiger partial charge in [0.1, 0.15) is 0 Å². The van der Waals surface area contributed by atoms with E-state index in [1.165, 1.54) is 37.4 Å². The van der Waals surface area contributed by atoms with Crippen LogP contribution < -0.4 is 18.9 Å². The topological polar surface area (TPSA) is 77.8 Å². The van der Waals surface area contributed by atoms with Gasteiger partial charge in [-0.15, -0.1) is 0 Å². The lowest BCUT2D eigenvalue weighted by molar-refractivity contribution is -0.0512. The maximum atomic E-state index is 12.5. The summed E-state index contributed by atoms with van der Waals surface area (Å²) in [6.45, 7) is -1.03. The first kappa shape index (κ1) is 19.0. The van der Waals surface area contributed by atoms with Crippen molar-refractivity contribution >= 4 is 5.97 Å². The van der Waals surface area contributed by atoms with Crippen LogP contribution in [-0.2, 0) is 0 Å². The van der Waals surface area contributed by atoms with Gasteiger partial charge in [0.05, 0.1) is 30.9 Å². The molecule has 2 aromatic rings. The van der Waals surface area contributed by atoms with E-state index in [2.05, 4.69) is 4.74 Å². The van der Waals surface area contributed by atoms with E-state index in [0.29, 0.717) is 12.2 Å². The average Bonchev–Trinajstić information content (AvgIpc) is 2.62. The van der Waals surface area contributed by atoms with Gasteiger partial charge in [-0.25, -0.2) is 4.79 Å². The molecule has 0 fully saturated rings. The summed E-state index contributed by atoms with van der Waals surface area (Å²) in [5.74, 6) is -0.727. The molecule has 6 nitrogen and oxygen atoms in total. The number of carbonyl (C=O) groups is 1. The predicted molar refractivity (Wildman–Crippen MR) is 86.9 cm³/mol. The summed E-state index contributed by atoms with van der Waals surface area (Å²) in [6, 6.07) is 10.0. The third kappa shape index (κ3) is 4.60. The number of rotatable bonds is 7. The molecule has 0 saturated heterocycles. The van der Waals surface area contributed by atoms with Crippen LogP contribution in [0.15, 0.2) is 36.4 Å². The van der Waals surface area contributed by atoms with Gasteiger partial charge in [0.25, 0.3) is 0 Å². The second-order valence-electron chi connectivity index (χ2n) is 4.84. The van der Waals surface area contributed by atoms with Gasteiger partial charge in [-0.2, -0.15) is 14.0 Å². The first-order valence-electron chi connectivity index (χ1n) is 7.50. The summed E-state index contributed by atoms with van der Waals surface area (Å²) in [6.07, 6.45) is 0. The number of nitriles is 1. The Labute approximate surface area is 148 Å². The molecule has 0 aromatic heterocycles. The summed E-state index contributed by atoms with van der Waals surface area (Å²) in [5.41, 5.74) is 0.318. The molecule has 0 aliphatic carbocycles. The van der Waals surface area contributed by atoms with E-state index in [4.69, 9.17) is 19.5 Å². The van der Waals surface area contributed by atoms with Crippen LogP contribution in [0, 0.1) is 11.3 Å². The van der Waals surface area contributed by atoms with E-state index in [1.807, 2.05) is 6.07 Å². The molecule has 0 radical (unpaired) electrons. The first-order valence-corrected chi connectivity index (χ1v) is 7.50. The van der Waals surface area contributed by atoms with Gasteiger partial charge in [-0.3, -0.25) is 0 Å². The quantitative estimate of drug-likeness (QED) is 0.550.